The van der Waals surface area contributed by atoms with Crippen molar-refractivity contribution in [3.05, 3.63) is 100 Å². The van der Waals surface area contributed by atoms with E-state index in [-0.39, 0.29) is 17.9 Å². The smallest absolute Gasteiger partial charge is 0.273 e. The van der Waals surface area contributed by atoms with E-state index in [2.05, 4.69) is 15.5 Å². The molecule has 0 aliphatic heterocycles. The van der Waals surface area contributed by atoms with Gasteiger partial charge in [0.05, 0.1) is 17.3 Å². The average Bonchev–Trinajstić information content (AvgIpc) is 3.45. The number of para-hydroxylation sites is 1. The number of carbonyl (C=O) groups excluding carboxylic acids is 1. The molecule has 3 heterocycles. The molecule has 1 amide bonds. The number of carbonyl (C=O) groups is 1. The zero-order valence-corrected chi connectivity index (χ0v) is 18.7. The van der Waals surface area contributed by atoms with E-state index < -0.39 is 0 Å². The molecule has 0 aliphatic carbocycles. The molecule has 5 aromatic rings. The fourth-order valence-corrected chi connectivity index (χ4v) is 4.80. The fourth-order valence-electron chi connectivity index (χ4n) is 3.79. The van der Waals surface area contributed by atoms with Gasteiger partial charge in [0.2, 0.25) is 5.91 Å². The third-order valence-corrected chi connectivity index (χ3v) is 6.41. The number of hydrogen-bond acceptors (Lipinski definition) is 5. The number of amides is 1. The first-order chi connectivity index (χ1) is 16.1. The molecular weight excluding hydrogens is 434 g/mol. The van der Waals surface area contributed by atoms with Gasteiger partial charge in [-0.3, -0.25) is 15.0 Å². The molecule has 5 rings (SSSR count). The number of aromatic nitrogens is 4. The second-order valence-corrected chi connectivity index (χ2v) is 8.87. The van der Waals surface area contributed by atoms with Gasteiger partial charge in [0.25, 0.3) is 5.56 Å². The largest absolute Gasteiger partial charge is 0.281 e. The van der Waals surface area contributed by atoms with Crippen LogP contribution in [0.5, 0.6) is 0 Å². The maximum Gasteiger partial charge on any atom is 0.281 e. The van der Waals surface area contributed by atoms with Crippen LogP contribution < -0.4 is 11.0 Å². The fraction of sp³-hybridized carbons (Fsp3) is 0.120. The summed E-state index contributed by atoms with van der Waals surface area (Å²) in [6.07, 6.45) is 5.76. The summed E-state index contributed by atoms with van der Waals surface area (Å²) >= 11 is 1.48. The van der Waals surface area contributed by atoms with Crippen LogP contribution >= 0.6 is 11.3 Å². The molecule has 0 saturated heterocycles. The first-order valence-corrected chi connectivity index (χ1v) is 11.4. The number of aryl methyl sites for hydroxylation is 2. The number of thiophene rings is 1. The lowest BCUT2D eigenvalue weighted by Gasteiger charge is -2.08. The molecule has 0 bridgehead atoms. The number of nitrogens with zero attached hydrogens (tertiary/aromatic N) is 4. The summed E-state index contributed by atoms with van der Waals surface area (Å²) in [4.78, 5) is 31.9. The predicted octanol–water partition coefficient (Wildman–Crippen LogP) is 4.32. The molecular formula is C25H21N5O2S. The third-order valence-electron chi connectivity index (χ3n) is 5.39. The summed E-state index contributed by atoms with van der Waals surface area (Å²) in [6.45, 7) is 1.98. The molecule has 0 unspecified atom stereocenters. The SMILES string of the molecule is Cc1sc2ncn(NC(=O)CCc3cnn(-c4ccccc4)c3)c(=O)c2c1-c1ccccc1. The summed E-state index contributed by atoms with van der Waals surface area (Å²) < 4.78 is 2.95. The Labute approximate surface area is 193 Å². The average molecular weight is 456 g/mol. The molecule has 0 fully saturated rings. The Bertz CT molecular complexity index is 1490. The molecule has 0 radical (unpaired) electrons. The highest BCUT2D eigenvalue weighted by Crippen LogP contribution is 2.35. The molecule has 0 spiro atoms. The van der Waals surface area contributed by atoms with Gasteiger partial charge in [0.1, 0.15) is 11.2 Å². The van der Waals surface area contributed by atoms with Gasteiger partial charge >= 0.3 is 0 Å². The molecule has 3 aromatic heterocycles. The topological polar surface area (TPSA) is 81.8 Å². The number of rotatable bonds is 6. The minimum atomic E-state index is -0.284. The Morgan fingerprint density at radius 3 is 2.55 bits per heavy atom. The van der Waals surface area contributed by atoms with Crippen molar-refractivity contribution in [2.24, 2.45) is 0 Å². The highest BCUT2D eigenvalue weighted by atomic mass is 32.1. The van der Waals surface area contributed by atoms with Crippen LogP contribution in [0.1, 0.15) is 16.9 Å². The lowest BCUT2D eigenvalue weighted by atomic mass is 10.0. The summed E-state index contributed by atoms with van der Waals surface area (Å²) in [6, 6.07) is 19.5. The lowest BCUT2D eigenvalue weighted by Crippen LogP contribution is -2.33. The first-order valence-electron chi connectivity index (χ1n) is 10.5. The molecule has 7 nitrogen and oxygen atoms in total. The lowest BCUT2D eigenvalue weighted by molar-refractivity contribution is -0.117. The highest BCUT2D eigenvalue weighted by Gasteiger charge is 2.17. The van der Waals surface area contributed by atoms with E-state index in [9.17, 15) is 9.59 Å². The van der Waals surface area contributed by atoms with E-state index in [1.165, 1.54) is 22.3 Å². The monoisotopic (exact) mass is 455 g/mol. The van der Waals surface area contributed by atoms with Gasteiger partial charge < -0.3 is 0 Å². The number of nitrogens with one attached hydrogen (secondary N) is 1. The van der Waals surface area contributed by atoms with E-state index in [4.69, 9.17) is 0 Å². The summed E-state index contributed by atoms with van der Waals surface area (Å²) in [5.74, 6) is -0.265. The van der Waals surface area contributed by atoms with Crippen molar-refractivity contribution in [1.82, 2.24) is 19.4 Å². The maximum absolute atomic E-state index is 13.2. The Kier molecular flexibility index (Phi) is 5.58. The zero-order chi connectivity index (χ0) is 22.8. The van der Waals surface area contributed by atoms with Crippen molar-refractivity contribution >= 4 is 27.5 Å². The minimum absolute atomic E-state index is 0.221. The second kappa shape index (κ2) is 8.84. The first kappa shape index (κ1) is 20.8. The molecule has 1 N–H and O–H groups in total. The molecule has 0 atom stereocenters. The van der Waals surface area contributed by atoms with Crippen LogP contribution in [0.4, 0.5) is 0 Å². The van der Waals surface area contributed by atoms with Crippen LogP contribution in [-0.2, 0) is 11.2 Å². The third kappa shape index (κ3) is 4.20. The minimum Gasteiger partial charge on any atom is -0.273 e. The van der Waals surface area contributed by atoms with Crippen LogP contribution in [0.15, 0.2) is 84.2 Å². The van der Waals surface area contributed by atoms with Gasteiger partial charge in [-0.2, -0.15) is 5.10 Å². The van der Waals surface area contributed by atoms with Gasteiger partial charge in [-0.25, -0.2) is 14.3 Å². The summed E-state index contributed by atoms with van der Waals surface area (Å²) in [5, 5.41) is 4.88. The molecule has 0 saturated carbocycles. The molecule has 2 aromatic carbocycles. The van der Waals surface area contributed by atoms with Gasteiger partial charge in [0, 0.05) is 23.1 Å². The van der Waals surface area contributed by atoms with Crippen molar-refractivity contribution in [3.8, 4) is 16.8 Å². The van der Waals surface area contributed by atoms with E-state index in [0.29, 0.717) is 16.6 Å². The molecule has 164 valence electrons. The molecule has 0 aliphatic rings. The standard InChI is InChI=1S/C25H21N5O2S/c1-17-22(19-8-4-2-5-9-19)23-24(33-17)26-16-30(25(23)32)28-21(31)13-12-18-14-27-29(15-18)20-10-6-3-7-11-20/h2-11,14-16H,12-13H2,1H3,(H,28,31). The Balaban J connectivity index is 1.33. The van der Waals surface area contributed by atoms with Crippen molar-refractivity contribution in [2.75, 3.05) is 5.43 Å². The van der Waals surface area contributed by atoms with Gasteiger partial charge in [-0.05, 0) is 36.6 Å². The van der Waals surface area contributed by atoms with Gasteiger partial charge in [0.15, 0.2) is 0 Å². The zero-order valence-electron chi connectivity index (χ0n) is 17.9. The quantitative estimate of drug-likeness (QED) is 0.413. The second-order valence-electron chi connectivity index (χ2n) is 7.66. The van der Waals surface area contributed by atoms with Crippen LogP contribution in [0, 0.1) is 6.92 Å². The Morgan fingerprint density at radius 1 is 1.06 bits per heavy atom. The summed E-state index contributed by atoms with van der Waals surface area (Å²) in [5.41, 5.74) is 6.12. The van der Waals surface area contributed by atoms with Crippen LogP contribution in [0.2, 0.25) is 0 Å². The van der Waals surface area contributed by atoms with Crippen molar-refractivity contribution < 1.29 is 4.79 Å². The Hall–Kier alpha value is -4.04. The van der Waals surface area contributed by atoms with E-state index >= 15 is 0 Å². The molecule has 8 heteroatoms. The Morgan fingerprint density at radius 2 is 1.79 bits per heavy atom. The van der Waals surface area contributed by atoms with Crippen LogP contribution in [-0.4, -0.2) is 25.3 Å². The number of fused-ring (bicyclic) bond motifs is 1. The predicted molar refractivity (Wildman–Crippen MR) is 130 cm³/mol. The van der Waals surface area contributed by atoms with Crippen molar-refractivity contribution in [1.29, 1.82) is 0 Å². The van der Waals surface area contributed by atoms with Crippen molar-refractivity contribution in [3.63, 3.8) is 0 Å². The normalized spacial score (nSPS) is 11.1. The van der Waals surface area contributed by atoms with Crippen LogP contribution in [0.3, 0.4) is 0 Å². The maximum atomic E-state index is 13.2. The summed E-state index contributed by atoms with van der Waals surface area (Å²) in [7, 11) is 0. The highest BCUT2D eigenvalue weighted by molar-refractivity contribution is 7.19. The van der Waals surface area contributed by atoms with Gasteiger partial charge in [-0.1, -0.05) is 48.5 Å². The molecule has 33 heavy (non-hydrogen) atoms. The van der Waals surface area contributed by atoms with Gasteiger partial charge in [-0.15, -0.1) is 11.3 Å². The van der Waals surface area contributed by atoms with E-state index in [0.717, 1.165) is 27.3 Å². The van der Waals surface area contributed by atoms with E-state index in [1.54, 1.807) is 10.9 Å². The van der Waals surface area contributed by atoms with E-state index in [1.807, 2.05) is 73.8 Å². The van der Waals surface area contributed by atoms with Crippen LogP contribution in [0.25, 0.3) is 27.0 Å². The number of hydrogen-bond donors (Lipinski definition) is 1. The van der Waals surface area contributed by atoms with Crippen molar-refractivity contribution in [2.45, 2.75) is 19.8 Å². The number of benzene rings is 2.